The Labute approximate surface area is 184 Å². The van der Waals surface area contributed by atoms with Crippen LogP contribution in [0.4, 0.5) is 0 Å². The van der Waals surface area contributed by atoms with Gasteiger partial charge in [-0.1, -0.05) is 72.8 Å². The zero-order valence-electron chi connectivity index (χ0n) is 17.9. The van der Waals surface area contributed by atoms with Crippen LogP contribution in [-0.2, 0) is 22.6 Å². The third-order valence-corrected chi connectivity index (χ3v) is 5.30. The molecule has 0 spiro atoms. The van der Waals surface area contributed by atoms with E-state index in [0.29, 0.717) is 6.61 Å². The number of ketones is 1. The van der Waals surface area contributed by atoms with Gasteiger partial charge in [0.2, 0.25) is 0 Å². The fourth-order valence-corrected chi connectivity index (χ4v) is 3.50. The normalized spacial score (nSPS) is 12.8. The molecule has 4 heteroatoms. The number of carbonyl (C=O) groups is 1. The molecule has 0 aromatic heterocycles. The molecule has 3 aromatic carbocycles. The van der Waals surface area contributed by atoms with Gasteiger partial charge in [-0.05, 0) is 41.7 Å². The molecule has 162 valence electrons. The Morgan fingerprint density at radius 2 is 1.48 bits per heavy atom. The van der Waals surface area contributed by atoms with Gasteiger partial charge in [0.1, 0.15) is 11.5 Å². The second-order valence-electron chi connectivity index (χ2n) is 7.68. The van der Waals surface area contributed by atoms with Gasteiger partial charge in [-0.3, -0.25) is 4.79 Å². The zero-order chi connectivity index (χ0) is 21.9. The van der Waals surface area contributed by atoms with Crippen molar-refractivity contribution in [3.05, 3.63) is 102 Å². The van der Waals surface area contributed by atoms with E-state index in [1.807, 2.05) is 72.8 Å². The molecule has 0 bridgehead atoms. The third-order valence-electron chi connectivity index (χ3n) is 5.30. The van der Waals surface area contributed by atoms with Crippen molar-refractivity contribution in [2.75, 3.05) is 7.11 Å². The van der Waals surface area contributed by atoms with Crippen LogP contribution in [0, 0.1) is 0 Å². The minimum Gasteiger partial charge on any atom is -0.497 e. The molecule has 0 radical (unpaired) electrons. The Balaban J connectivity index is 1.58. The summed E-state index contributed by atoms with van der Waals surface area (Å²) in [6.45, 7) is 0.429. The summed E-state index contributed by atoms with van der Waals surface area (Å²) in [4.78, 5) is 12.7. The largest absolute Gasteiger partial charge is 0.497 e. The molecule has 4 nitrogen and oxygen atoms in total. The molecule has 0 unspecified atom stereocenters. The van der Waals surface area contributed by atoms with Crippen molar-refractivity contribution in [1.82, 2.24) is 0 Å². The molecule has 0 aliphatic heterocycles. The summed E-state index contributed by atoms with van der Waals surface area (Å²) in [7, 11) is 1.64. The van der Waals surface area contributed by atoms with Crippen molar-refractivity contribution in [2.45, 2.75) is 44.5 Å². The van der Waals surface area contributed by atoms with Crippen LogP contribution in [0.2, 0.25) is 0 Å². The number of ether oxygens (including phenoxy) is 2. The van der Waals surface area contributed by atoms with Crippen LogP contribution in [0.15, 0.2) is 84.9 Å². The van der Waals surface area contributed by atoms with E-state index in [1.54, 1.807) is 7.11 Å². The van der Waals surface area contributed by atoms with Crippen LogP contribution in [0.5, 0.6) is 5.75 Å². The molecule has 1 N–H and O–H groups in total. The summed E-state index contributed by atoms with van der Waals surface area (Å²) < 4.78 is 11.3. The van der Waals surface area contributed by atoms with Crippen molar-refractivity contribution in [3.63, 3.8) is 0 Å². The molecule has 0 aliphatic carbocycles. The Hall–Kier alpha value is -2.95. The second kappa shape index (κ2) is 12.0. The summed E-state index contributed by atoms with van der Waals surface area (Å²) in [5.74, 6) is 0.804. The van der Waals surface area contributed by atoms with Gasteiger partial charge in [0.15, 0.2) is 0 Å². The molecule has 0 amide bonds. The molecule has 2 atom stereocenters. The van der Waals surface area contributed by atoms with Crippen molar-refractivity contribution in [1.29, 1.82) is 0 Å². The molecular weight excluding hydrogens is 388 g/mol. The van der Waals surface area contributed by atoms with E-state index in [1.165, 1.54) is 5.56 Å². The van der Waals surface area contributed by atoms with E-state index < -0.39 is 6.10 Å². The van der Waals surface area contributed by atoms with Gasteiger partial charge in [0.25, 0.3) is 0 Å². The average molecular weight is 419 g/mol. The van der Waals surface area contributed by atoms with Crippen LogP contribution in [0.25, 0.3) is 0 Å². The van der Waals surface area contributed by atoms with E-state index in [2.05, 4.69) is 12.1 Å². The number of aryl methyl sites for hydroxylation is 1. The minimum absolute atomic E-state index is 0.00384. The Bertz CT molecular complexity index is 907. The number of rotatable bonds is 12. The summed E-state index contributed by atoms with van der Waals surface area (Å²) in [6.07, 6.45) is 0.962. The number of hydrogen-bond acceptors (Lipinski definition) is 4. The number of methoxy groups -OCH3 is 1. The topological polar surface area (TPSA) is 55.8 Å². The average Bonchev–Trinajstić information content (AvgIpc) is 2.82. The number of aliphatic hydroxyl groups is 1. The van der Waals surface area contributed by atoms with Crippen LogP contribution in [0.1, 0.15) is 42.1 Å². The molecule has 3 rings (SSSR count). The Morgan fingerprint density at radius 3 is 2.13 bits per heavy atom. The molecule has 3 aromatic rings. The van der Waals surface area contributed by atoms with Gasteiger partial charge in [0, 0.05) is 12.8 Å². The fourth-order valence-electron chi connectivity index (χ4n) is 3.50. The maximum absolute atomic E-state index is 12.7. The van der Waals surface area contributed by atoms with E-state index >= 15 is 0 Å². The lowest BCUT2D eigenvalue weighted by molar-refractivity contribution is -0.124. The SMILES string of the molecule is COc1ccc(CO[C@H](CCc2ccccc2)CC(=O)C[C@H](O)c2ccccc2)cc1. The smallest absolute Gasteiger partial charge is 0.138 e. The van der Waals surface area contributed by atoms with Gasteiger partial charge >= 0.3 is 0 Å². The summed E-state index contributed by atoms with van der Waals surface area (Å²) in [6, 6.07) is 27.2. The highest BCUT2D eigenvalue weighted by atomic mass is 16.5. The summed E-state index contributed by atoms with van der Waals surface area (Å²) in [5, 5.41) is 10.4. The first kappa shape index (κ1) is 22.7. The number of hydrogen-bond donors (Lipinski definition) is 1. The van der Waals surface area contributed by atoms with E-state index in [0.717, 1.165) is 29.7 Å². The highest BCUT2D eigenvalue weighted by molar-refractivity contribution is 5.79. The third kappa shape index (κ3) is 7.67. The van der Waals surface area contributed by atoms with E-state index in [-0.39, 0.29) is 24.7 Å². The summed E-state index contributed by atoms with van der Waals surface area (Å²) >= 11 is 0. The molecule has 0 saturated heterocycles. The maximum atomic E-state index is 12.7. The standard InChI is InChI=1S/C27H30O4/c1-30-25-15-13-22(14-16-25)20-31-26(17-12-21-8-4-2-5-9-21)18-24(28)19-27(29)23-10-6-3-7-11-23/h2-11,13-16,26-27,29H,12,17-20H2,1H3/t26-,27+/m1/s1. The number of carbonyl (C=O) groups excluding carboxylic acids is 1. The quantitative estimate of drug-likeness (QED) is 0.434. The van der Waals surface area contributed by atoms with Gasteiger partial charge in [0.05, 0.1) is 25.9 Å². The number of Topliss-reactive ketones (excluding diaryl/α,β-unsaturated/α-hetero) is 1. The summed E-state index contributed by atoms with van der Waals surface area (Å²) in [5.41, 5.74) is 3.01. The van der Waals surface area contributed by atoms with Crippen molar-refractivity contribution >= 4 is 5.78 Å². The minimum atomic E-state index is -0.787. The van der Waals surface area contributed by atoms with Gasteiger partial charge < -0.3 is 14.6 Å². The van der Waals surface area contributed by atoms with Crippen LogP contribution in [0.3, 0.4) is 0 Å². The fraction of sp³-hybridized carbons (Fsp3) is 0.296. The highest BCUT2D eigenvalue weighted by Crippen LogP contribution is 2.20. The molecule has 31 heavy (non-hydrogen) atoms. The molecular formula is C27H30O4. The van der Waals surface area contributed by atoms with E-state index in [9.17, 15) is 9.90 Å². The first-order valence-electron chi connectivity index (χ1n) is 10.7. The van der Waals surface area contributed by atoms with Crippen LogP contribution >= 0.6 is 0 Å². The lowest BCUT2D eigenvalue weighted by Crippen LogP contribution is -2.20. The lowest BCUT2D eigenvalue weighted by atomic mass is 9.98. The van der Waals surface area contributed by atoms with Gasteiger partial charge in [-0.2, -0.15) is 0 Å². The predicted molar refractivity (Wildman–Crippen MR) is 122 cm³/mol. The first-order valence-corrected chi connectivity index (χ1v) is 10.7. The van der Waals surface area contributed by atoms with Crippen molar-refractivity contribution < 1.29 is 19.4 Å². The molecule has 0 fully saturated rings. The van der Waals surface area contributed by atoms with Gasteiger partial charge in [-0.15, -0.1) is 0 Å². The lowest BCUT2D eigenvalue weighted by Gasteiger charge is -2.19. The first-order chi connectivity index (χ1) is 15.1. The molecule has 0 aliphatic rings. The van der Waals surface area contributed by atoms with Crippen LogP contribution < -0.4 is 4.74 Å². The maximum Gasteiger partial charge on any atom is 0.138 e. The van der Waals surface area contributed by atoms with Crippen LogP contribution in [-0.4, -0.2) is 24.1 Å². The van der Waals surface area contributed by atoms with Crippen molar-refractivity contribution in [2.24, 2.45) is 0 Å². The Kier molecular flexibility index (Phi) is 8.83. The molecule has 0 heterocycles. The van der Waals surface area contributed by atoms with E-state index in [4.69, 9.17) is 9.47 Å². The number of aliphatic hydroxyl groups excluding tert-OH is 1. The van der Waals surface area contributed by atoms with Gasteiger partial charge in [-0.25, -0.2) is 0 Å². The van der Waals surface area contributed by atoms with Crippen molar-refractivity contribution in [3.8, 4) is 5.75 Å². The second-order valence-corrected chi connectivity index (χ2v) is 7.68. The Morgan fingerprint density at radius 1 is 0.839 bits per heavy atom. The predicted octanol–water partition coefficient (Wildman–Crippen LogP) is 5.30. The monoisotopic (exact) mass is 418 g/mol. The molecule has 0 saturated carbocycles. The highest BCUT2D eigenvalue weighted by Gasteiger charge is 2.19. The number of benzene rings is 3. The zero-order valence-corrected chi connectivity index (χ0v) is 17.9.